The summed E-state index contributed by atoms with van der Waals surface area (Å²) in [6.45, 7) is 6.17. The van der Waals surface area contributed by atoms with Crippen molar-refractivity contribution >= 4 is 11.9 Å². The minimum absolute atomic E-state index is 0.0764. The van der Waals surface area contributed by atoms with Crippen LogP contribution in [0.15, 0.2) is 18.2 Å². The van der Waals surface area contributed by atoms with E-state index in [9.17, 15) is 14.0 Å². The van der Waals surface area contributed by atoms with E-state index in [4.69, 9.17) is 6.42 Å². The number of nitrogens with one attached hydrogen (secondary N) is 2. The van der Waals surface area contributed by atoms with Gasteiger partial charge in [0.15, 0.2) is 0 Å². The van der Waals surface area contributed by atoms with Crippen molar-refractivity contribution < 1.29 is 14.0 Å². The van der Waals surface area contributed by atoms with E-state index in [1.807, 2.05) is 13.8 Å². The summed E-state index contributed by atoms with van der Waals surface area (Å²) in [4.78, 5) is 25.7. The Kier molecular flexibility index (Phi) is 6.02. The Bertz CT molecular complexity index is 696. The number of benzene rings is 1. The van der Waals surface area contributed by atoms with Crippen LogP contribution in [-0.2, 0) is 11.3 Å². The van der Waals surface area contributed by atoms with E-state index in [1.54, 1.807) is 11.0 Å². The maximum atomic E-state index is 13.6. The SMILES string of the molecule is C#C[C@@H](NC(=O)N[C@H]1CCN(C(C)=O)Cc2cc(F)ccc21)C(C)C. The van der Waals surface area contributed by atoms with Crippen molar-refractivity contribution in [2.45, 2.75) is 45.8 Å². The van der Waals surface area contributed by atoms with Gasteiger partial charge in [-0.3, -0.25) is 4.79 Å². The van der Waals surface area contributed by atoms with E-state index in [-0.39, 0.29) is 35.8 Å². The van der Waals surface area contributed by atoms with Crippen LogP contribution in [-0.4, -0.2) is 29.4 Å². The molecule has 2 atom stereocenters. The van der Waals surface area contributed by atoms with Crippen LogP contribution in [0.4, 0.5) is 9.18 Å². The minimum atomic E-state index is -0.368. The van der Waals surface area contributed by atoms with Crippen LogP contribution < -0.4 is 10.6 Å². The summed E-state index contributed by atoms with van der Waals surface area (Å²) in [5.74, 6) is 2.23. The lowest BCUT2D eigenvalue weighted by atomic mass is 9.99. The second kappa shape index (κ2) is 8.02. The number of rotatable bonds is 3. The quantitative estimate of drug-likeness (QED) is 0.827. The Hall–Kier alpha value is -2.55. The van der Waals surface area contributed by atoms with E-state index in [1.165, 1.54) is 19.1 Å². The molecule has 1 aromatic carbocycles. The first-order valence-corrected chi connectivity index (χ1v) is 8.38. The summed E-state index contributed by atoms with van der Waals surface area (Å²) in [5.41, 5.74) is 1.53. The molecule has 0 spiro atoms. The van der Waals surface area contributed by atoms with Crippen LogP contribution >= 0.6 is 0 Å². The Labute approximate surface area is 148 Å². The number of fused-ring (bicyclic) bond motifs is 1. The molecule has 1 heterocycles. The van der Waals surface area contributed by atoms with Gasteiger partial charge in [0.05, 0.1) is 12.1 Å². The fraction of sp³-hybridized carbons (Fsp3) is 0.474. The Morgan fingerprint density at radius 3 is 2.72 bits per heavy atom. The van der Waals surface area contributed by atoms with Crippen molar-refractivity contribution in [2.24, 2.45) is 5.92 Å². The number of hydrogen-bond donors (Lipinski definition) is 2. The van der Waals surface area contributed by atoms with Gasteiger partial charge in [0.25, 0.3) is 0 Å². The van der Waals surface area contributed by atoms with Gasteiger partial charge in [-0.25, -0.2) is 9.18 Å². The Morgan fingerprint density at radius 1 is 1.40 bits per heavy atom. The zero-order chi connectivity index (χ0) is 18.6. The predicted molar refractivity (Wildman–Crippen MR) is 94.0 cm³/mol. The number of terminal acetylenes is 1. The molecule has 2 N–H and O–H groups in total. The number of carbonyl (C=O) groups is 2. The average Bonchev–Trinajstić information content (AvgIpc) is 2.71. The number of urea groups is 1. The number of amides is 3. The summed E-state index contributed by atoms with van der Waals surface area (Å²) < 4.78 is 13.6. The van der Waals surface area contributed by atoms with E-state index in [0.29, 0.717) is 25.1 Å². The molecule has 0 radical (unpaired) electrons. The maximum Gasteiger partial charge on any atom is 0.316 e. The molecule has 0 bridgehead atoms. The first-order valence-electron chi connectivity index (χ1n) is 8.38. The fourth-order valence-corrected chi connectivity index (χ4v) is 2.94. The van der Waals surface area contributed by atoms with Gasteiger partial charge in [0, 0.05) is 20.0 Å². The van der Waals surface area contributed by atoms with Crippen LogP contribution in [0.3, 0.4) is 0 Å². The molecule has 1 aliphatic rings. The molecule has 5 nitrogen and oxygen atoms in total. The van der Waals surface area contributed by atoms with Crippen LogP contribution in [0, 0.1) is 24.1 Å². The molecule has 3 amide bonds. The molecular formula is C19H24FN3O2. The topological polar surface area (TPSA) is 61.4 Å². The molecule has 134 valence electrons. The Morgan fingerprint density at radius 2 is 2.12 bits per heavy atom. The lowest BCUT2D eigenvalue weighted by Crippen LogP contribution is -2.45. The van der Waals surface area contributed by atoms with Gasteiger partial charge in [0.2, 0.25) is 5.91 Å². The second-order valence-corrected chi connectivity index (χ2v) is 6.63. The minimum Gasteiger partial charge on any atom is -0.339 e. The van der Waals surface area contributed by atoms with Gasteiger partial charge in [-0.2, -0.15) is 0 Å². The lowest BCUT2D eigenvalue weighted by molar-refractivity contribution is -0.129. The van der Waals surface area contributed by atoms with Crippen molar-refractivity contribution in [3.05, 3.63) is 35.1 Å². The third-order valence-corrected chi connectivity index (χ3v) is 4.41. The van der Waals surface area contributed by atoms with E-state index in [0.717, 1.165) is 5.56 Å². The molecule has 25 heavy (non-hydrogen) atoms. The lowest BCUT2D eigenvalue weighted by Gasteiger charge is -2.22. The molecule has 2 rings (SSSR count). The molecule has 0 aliphatic carbocycles. The molecular weight excluding hydrogens is 321 g/mol. The van der Waals surface area contributed by atoms with Crippen LogP contribution in [0.5, 0.6) is 0 Å². The van der Waals surface area contributed by atoms with Gasteiger partial charge in [-0.1, -0.05) is 25.8 Å². The normalized spacial score (nSPS) is 17.9. The highest BCUT2D eigenvalue weighted by Crippen LogP contribution is 2.27. The molecule has 0 unspecified atom stereocenters. The van der Waals surface area contributed by atoms with Crippen molar-refractivity contribution in [3.8, 4) is 12.3 Å². The van der Waals surface area contributed by atoms with Gasteiger partial charge >= 0.3 is 6.03 Å². The summed E-state index contributed by atoms with van der Waals surface area (Å²) in [6.07, 6.45) is 6.00. The molecule has 6 heteroatoms. The number of halogens is 1. The third-order valence-electron chi connectivity index (χ3n) is 4.41. The number of nitrogens with zero attached hydrogens (tertiary/aromatic N) is 1. The number of hydrogen-bond acceptors (Lipinski definition) is 2. The fourth-order valence-electron chi connectivity index (χ4n) is 2.94. The average molecular weight is 345 g/mol. The van der Waals surface area contributed by atoms with Crippen molar-refractivity contribution in [1.82, 2.24) is 15.5 Å². The summed E-state index contributed by atoms with van der Waals surface area (Å²) in [5, 5.41) is 5.68. The largest absolute Gasteiger partial charge is 0.339 e. The summed E-state index contributed by atoms with van der Waals surface area (Å²) in [6, 6.07) is 3.40. The highest BCUT2D eigenvalue weighted by Gasteiger charge is 2.26. The highest BCUT2D eigenvalue weighted by atomic mass is 19.1. The van der Waals surface area contributed by atoms with Crippen molar-refractivity contribution in [1.29, 1.82) is 0 Å². The summed E-state index contributed by atoms with van der Waals surface area (Å²) >= 11 is 0. The molecule has 1 aromatic rings. The van der Waals surface area contributed by atoms with Gasteiger partial charge in [-0.05, 0) is 35.6 Å². The van der Waals surface area contributed by atoms with Gasteiger partial charge in [0.1, 0.15) is 5.82 Å². The van der Waals surface area contributed by atoms with E-state index >= 15 is 0 Å². The first-order chi connectivity index (χ1) is 11.8. The standard InChI is InChI=1S/C19H24FN3O2/c1-5-17(12(2)3)21-19(25)22-18-8-9-23(13(4)24)11-14-10-15(20)6-7-16(14)18/h1,6-7,10,12,17-18H,8-9,11H2,2-4H3,(H2,21,22,25)/t17-,18+/m1/s1. The molecule has 0 saturated carbocycles. The smallest absolute Gasteiger partial charge is 0.316 e. The van der Waals surface area contributed by atoms with Gasteiger partial charge < -0.3 is 15.5 Å². The molecule has 1 aliphatic heterocycles. The molecule has 0 saturated heterocycles. The zero-order valence-corrected chi connectivity index (χ0v) is 14.8. The molecule has 0 fully saturated rings. The maximum absolute atomic E-state index is 13.6. The monoisotopic (exact) mass is 345 g/mol. The van der Waals surface area contributed by atoms with Crippen molar-refractivity contribution in [3.63, 3.8) is 0 Å². The zero-order valence-electron chi connectivity index (χ0n) is 14.8. The third kappa shape index (κ3) is 4.72. The van der Waals surface area contributed by atoms with E-state index < -0.39 is 0 Å². The predicted octanol–water partition coefficient (Wildman–Crippen LogP) is 2.58. The molecule has 0 aromatic heterocycles. The van der Waals surface area contributed by atoms with Crippen LogP contribution in [0.2, 0.25) is 0 Å². The highest BCUT2D eigenvalue weighted by molar-refractivity contribution is 5.76. The van der Waals surface area contributed by atoms with Crippen molar-refractivity contribution in [2.75, 3.05) is 6.54 Å². The van der Waals surface area contributed by atoms with Crippen LogP contribution in [0.1, 0.15) is 44.4 Å². The van der Waals surface area contributed by atoms with Gasteiger partial charge in [-0.15, -0.1) is 6.42 Å². The first kappa shape index (κ1) is 18.8. The van der Waals surface area contributed by atoms with Crippen LogP contribution in [0.25, 0.3) is 0 Å². The summed E-state index contributed by atoms with van der Waals surface area (Å²) in [7, 11) is 0. The Balaban J connectivity index is 2.20. The number of carbonyl (C=O) groups excluding carboxylic acids is 2. The second-order valence-electron chi connectivity index (χ2n) is 6.63. The van der Waals surface area contributed by atoms with E-state index in [2.05, 4.69) is 16.6 Å².